The number of benzene rings is 1. The zero-order chi connectivity index (χ0) is 12.4. The van der Waals surface area contributed by atoms with Crippen molar-refractivity contribution in [1.82, 2.24) is 10.2 Å². The zero-order valence-electron chi connectivity index (χ0n) is 9.54. The van der Waals surface area contributed by atoms with E-state index >= 15 is 0 Å². The summed E-state index contributed by atoms with van der Waals surface area (Å²) in [7, 11) is 0. The van der Waals surface area contributed by atoms with E-state index in [1.807, 2.05) is 34.4 Å². The van der Waals surface area contributed by atoms with Gasteiger partial charge in [-0.3, -0.25) is 4.79 Å². The Morgan fingerprint density at radius 2 is 2.35 bits per heavy atom. The van der Waals surface area contributed by atoms with Crippen molar-refractivity contribution in [2.24, 2.45) is 0 Å². The first-order valence-electron chi connectivity index (χ1n) is 5.56. The molecule has 0 aliphatic carbocycles. The van der Waals surface area contributed by atoms with Gasteiger partial charge in [-0.15, -0.1) is 0 Å². The molecule has 0 bridgehead atoms. The molecule has 0 spiro atoms. The van der Waals surface area contributed by atoms with Crippen LogP contribution in [0.5, 0.6) is 0 Å². The molecular formula is C12H14FIN2O. The Kier molecular flexibility index (Phi) is 3.98. The summed E-state index contributed by atoms with van der Waals surface area (Å²) >= 11 is 2.00. The van der Waals surface area contributed by atoms with Crippen molar-refractivity contribution in [3.63, 3.8) is 0 Å². The van der Waals surface area contributed by atoms with Crippen LogP contribution in [0.4, 0.5) is 4.39 Å². The second kappa shape index (κ2) is 5.30. The first kappa shape index (κ1) is 12.8. The van der Waals surface area contributed by atoms with E-state index in [0.29, 0.717) is 15.7 Å². The zero-order valence-corrected chi connectivity index (χ0v) is 11.7. The Bertz CT molecular complexity index is 439. The highest BCUT2D eigenvalue weighted by Crippen LogP contribution is 2.17. The lowest BCUT2D eigenvalue weighted by atomic mass is 10.1. The molecule has 1 heterocycles. The van der Waals surface area contributed by atoms with Crippen LogP contribution in [0, 0.1) is 9.39 Å². The number of nitrogens with zero attached hydrogens (tertiary/aromatic N) is 1. The first-order valence-corrected chi connectivity index (χ1v) is 6.64. The molecular weight excluding hydrogens is 334 g/mol. The Labute approximate surface area is 114 Å². The van der Waals surface area contributed by atoms with Gasteiger partial charge in [0.15, 0.2) is 0 Å². The Morgan fingerprint density at radius 3 is 3.00 bits per heavy atom. The van der Waals surface area contributed by atoms with Gasteiger partial charge >= 0.3 is 0 Å². The lowest BCUT2D eigenvalue weighted by Gasteiger charge is -2.34. The number of hydrogen-bond acceptors (Lipinski definition) is 2. The quantitative estimate of drug-likeness (QED) is 0.786. The topological polar surface area (TPSA) is 32.3 Å². The van der Waals surface area contributed by atoms with Crippen molar-refractivity contribution in [3.05, 3.63) is 33.1 Å². The highest BCUT2D eigenvalue weighted by Gasteiger charge is 2.25. The normalized spacial score (nSPS) is 20.4. The van der Waals surface area contributed by atoms with Gasteiger partial charge < -0.3 is 10.2 Å². The molecule has 1 atom stereocenters. The molecule has 1 unspecified atom stereocenters. The molecule has 1 aromatic carbocycles. The van der Waals surface area contributed by atoms with Crippen LogP contribution in [0.15, 0.2) is 18.2 Å². The summed E-state index contributed by atoms with van der Waals surface area (Å²) < 4.78 is 13.7. The Morgan fingerprint density at radius 1 is 1.59 bits per heavy atom. The number of amides is 1. The maximum atomic E-state index is 13.0. The minimum atomic E-state index is -0.306. The van der Waals surface area contributed by atoms with Crippen LogP contribution in [-0.4, -0.2) is 36.5 Å². The summed E-state index contributed by atoms with van der Waals surface area (Å²) in [5, 5.41) is 3.24. The van der Waals surface area contributed by atoms with Crippen molar-refractivity contribution >= 4 is 28.5 Å². The predicted molar refractivity (Wildman–Crippen MR) is 72.5 cm³/mol. The van der Waals surface area contributed by atoms with Crippen molar-refractivity contribution in [3.8, 4) is 0 Å². The number of halogens is 2. The summed E-state index contributed by atoms with van der Waals surface area (Å²) in [4.78, 5) is 14.2. The van der Waals surface area contributed by atoms with E-state index in [1.54, 1.807) is 6.07 Å². The maximum Gasteiger partial charge on any atom is 0.255 e. The molecule has 1 fully saturated rings. The van der Waals surface area contributed by atoms with E-state index in [-0.39, 0.29) is 17.8 Å². The molecule has 5 heteroatoms. The Hall–Kier alpha value is -0.690. The lowest BCUT2D eigenvalue weighted by Crippen LogP contribution is -2.52. The lowest BCUT2D eigenvalue weighted by molar-refractivity contribution is 0.0654. The molecule has 0 aromatic heterocycles. The predicted octanol–water partition coefficient (Wildman–Crippen LogP) is 1.86. The molecule has 1 amide bonds. The Balaban J connectivity index is 2.24. The van der Waals surface area contributed by atoms with Crippen LogP contribution >= 0.6 is 22.6 Å². The molecule has 0 saturated carbocycles. The van der Waals surface area contributed by atoms with Crippen LogP contribution in [-0.2, 0) is 0 Å². The van der Waals surface area contributed by atoms with Crippen molar-refractivity contribution in [2.45, 2.75) is 13.0 Å². The standard InChI is InChI=1S/C12H14FIN2O/c1-8-7-15-4-5-16(8)12(17)10-3-2-9(13)6-11(10)14/h2-3,6,8,15H,4-5,7H2,1H3. The fraction of sp³-hybridized carbons (Fsp3) is 0.417. The molecule has 1 aromatic rings. The van der Waals surface area contributed by atoms with Gasteiger partial charge in [0.05, 0.1) is 5.56 Å². The van der Waals surface area contributed by atoms with E-state index in [4.69, 9.17) is 0 Å². The molecule has 0 radical (unpaired) electrons. The molecule has 1 aliphatic heterocycles. The first-order chi connectivity index (χ1) is 8.09. The summed E-state index contributed by atoms with van der Waals surface area (Å²) in [5.41, 5.74) is 0.584. The number of carbonyl (C=O) groups excluding carboxylic acids is 1. The summed E-state index contributed by atoms with van der Waals surface area (Å²) in [6.07, 6.45) is 0. The van der Waals surface area contributed by atoms with Gasteiger partial charge in [-0.25, -0.2) is 4.39 Å². The molecule has 1 saturated heterocycles. The van der Waals surface area contributed by atoms with Gasteiger partial charge in [0.25, 0.3) is 5.91 Å². The van der Waals surface area contributed by atoms with Crippen LogP contribution in [0.3, 0.4) is 0 Å². The van der Waals surface area contributed by atoms with E-state index in [2.05, 4.69) is 5.32 Å². The van der Waals surface area contributed by atoms with Crippen LogP contribution in [0.2, 0.25) is 0 Å². The summed E-state index contributed by atoms with van der Waals surface area (Å²) in [6.45, 7) is 4.34. The van der Waals surface area contributed by atoms with Crippen molar-refractivity contribution < 1.29 is 9.18 Å². The van der Waals surface area contributed by atoms with E-state index < -0.39 is 0 Å². The molecule has 92 valence electrons. The minimum Gasteiger partial charge on any atom is -0.333 e. The molecule has 17 heavy (non-hydrogen) atoms. The van der Waals surface area contributed by atoms with Gasteiger partial charge in [-0.05, 0) is 47.7 Å². The molecule has 2 rings (SSSR count). The SMILES string of the molecule is CC1CNCCN1C(=O)c1ccc(F)cc1I. The van der Waals surface area contributed by atoms with Crippen LogP contribution in [0.25, 0.3) is 0 Å². The average Bonchev–Trinajstić information content (AvgIpc) is 2.29. The number of hydrogen-bond donors (Lipinski definition) is 1. The van der Waals surface area contributed by atoms with Crippen molar-refractivity contribution in [1.29, 1.82) is 0 Å². The van der Waals surface area contributed by atoms with E-state index in [9.17, 15) is 9.18 Å². The fourth-order valence-electron chi connectivity index (χ4n) is 1.96. The number of carbonyl (C=O) groups is 1. The highest BCUT2D eigenvalue weighted by atomic mass is 127. The monoisotopic (exact) mass is 348 g/mol. The van der Waals surface area contributed by atoms with Crippen LogP contribution < -0.4 is 5.32 Å². The van der Waals surface area contributed by atoms with Gasteiger partial charge in [0, 0.05) is 29.2 Å². The van der Waals surface area contributed by atoms with Gasteiger partial charge in [0.1, 0.15) is 5.82 Å². The van der Waals surface area contributed by atoms with Gasteiger partial charge in [-0.1, -0.05) is 0 Å². The van der Waals surface area contributed by atoms with Crippen LogP contribution in [0.1, 0.15) is 17.3 Å². The van der Waals surface area contributed by atoms with E-state index in [0.717, 1.165) is 13.1 Å². The maximum absolute atomic E-state index is 13.0. The molecule has 1 aliphatic rings. The highest BCUT2D eigenvalue weighted by molar-refractivity contribution is 14.1. The van der Waals surface area contributed by atoms with Gasteiger partial charge in [0.2, 0.25) is 0 Å². The fourth-order valence-corrected chi connectivity index (χ4v) is 2.67. The largest absolute Gasteiger partial charge is 0.333 e. The van der Waals surface area contributed by atoms with Gasteiger partial charge in [-0.2, -0.15) is 0 Å². The number of piperazine rings is 1. The summed E-state index contributed by atoms with van der Waals surface area (Å²) in [5.74, 6) is -0.317. The third-order valence-electron chi connectivity index (χ3n) is 2.92. The number of rotatable bonds is 1. The number of nitrogens with one attached hydrogen (secondary N) is 1. The van der Waals surface area contributed by atoms with Crippen molar-refractivity contribution in [2.75, 3.05) is 19.6 Å². The molecule has 1 N–H and O–H groups in total. The van der Waals surface area contributed by atoms with E-state index in [1.165, 1.54) is 12.1 Å². The average molecular weight is 348 g/mol. The third-order valence-corrected chi connectivity index (χ3v) is 3.82. The minimum absolute atomic E-state index is 0.0107. The molecule has 3 nitrogen and oxygen atoms in total. The second-order valence-electron chi connectivity index (χ2n) is 4.18. The third kappa shape index (κ3) is 2.77. The second-order valence-corrected chi connectivity index (χ2v) is 5.34. The smallest absolute Gasteiger partial charge is 0.255 e. The summed E-state index contributed by atoms with van der Waals surface area (Å²) in [6, 6.07) is 4.47.